The number of rotatable bonds is 8. The summed E-state index contributed by atoms with van der Waals surface area (Å²) in [5, 5.41) is 15.5. The first-order valence-electron chi connectivity index (χ1n) is 11.2. The van der Waals surface area contributed by atoms with Crippen LogP contribution in [-0.4, -0.2) is 34.8 Å². The number of amides is 1. The van der Waals surface area contributed by atoms with E-state index < -0.39 is 28.2 Å². The minimum absolute atomic E-state index is 0.00864. The maximum absolute atomic E-state index is 13.9. The molecule has 0 bridgehead atoms. The molecule has 1 heterocycles. The Morgan fingerprint density at radius 3 is 2.56 bits per heavy atom. The number of aryl methyl sites for hydroxylation is 1. The van der Waals surface area contributed by atoms with Gasteiger partial charge in [0.15, 0.2) is 5.16 Å². The second kappa shape index (κ2) is 10.8. The third-order valence-electron chi connectivity index (χ3n) is 5.96. The van der Waals surface area contributed by atoms with Crippen LogP contribution in [-0.2, 0) is 34.1 Å². The Bertz CT molecular complexity index is 1410. The van der Waals surface area contributed by atoms with Crippen molar-refractivity contribution >= 4 is 45.0 Å². The lowest BCUT2D eigenvalue weighted by Crippen LogP contribution is -2.17. The van der Waals surface area contributed by atoms with Gasteiger partial charge in [0, 0.05) is 0 Å². The highest BCUT2D eigenvalue weighted by atomic mass is 35.5. The van der Waals surface area contributed by atoms with E-state index >= 15 is 0 Å². The number of sulfonamides is 1. The van der Waals surface area contributed by atoms with Crippen molar-refractivity contribution in [3.8, 4) is 5.69 Å². The number of carbonyl (C=O) groups excluding carboxylic acids is 1. The van der Waals surface area contributed by atoms with Gasteiger partial charge in [-0.3, -0.25) is 9.36 Å². The normalized spacial score (nSPS) is 13.6. The number of thioether (sulfide) groups is 1. The van der Waals surface area contributed by atoms with E-state index in [9.17, 15) is 22.0 Å². The van der Waals surface area contributed by atoms with Gasteiger partial charge < -0.3 is 5.32 Å². The second-order valence-corrected chi connectivity index (χ2v) is 11.2. The Balaban J connectivity index is 1.59. The van der Waals surface area contributed by atoms with Crippen molar-refractivity contribution in [1.82, 2.24) is 14.8 Å². The van der Waals surface area contributed by atoms with E-state index in [1.807, 2.05) is 12.1 Å². The fourth-order valence-corrected chi connectivity index (χ4v) is 5.88. The Labute approximate surface area is 216 Å². The van der Waals surface area contributed by atoms with Crippen molar-refractivity contribution in [2.45, 2.75) is 55.5 Å². The number of benzene rings is 2. The second-order valence-electron chi connectivity index (χ2n) is 8.26. The molecule has 3 N–H and O–H groups in total. The van der Waals surface area contributed by atoms with Crippen LogP contribution in [0.4, 0.5) is 14.5 Å². The number of nitrogens with two attached hydrogens (primary N) is 1. The molecule has 1 aliphatic carbocycles. The minimum Gasteiger partial charge on any atom is -0.324 e. The van der Waals surface area contributed by atoms with Gasteiger partial charge in [0.2, 0.25) is 21.8 Å². The Hall–Kier alpha value is -2.54. The summed E-state index contributed by atoms with van der Waals surface area (Å²) in [4.78, 5) is 12.4. The number of fused-ring (bicyclic) bond motifs is 1. The quantitative estimate of drug-likeness (QED) is 0.389. The number of anilines is 1. The molecule has 8 nitrogen and oxygen atoms in total. The Morgan fingerprint density at radius 2 is 1.92 bits per heavy atom. The molecule has 0 atom stereocenters. The number of alkyl halides is 2. The zero-order valence-electron chi connectivity index (χ0n) is 19.3. The fraction of sp³-hybridized carbons (Fsp3) is 0.348. The highest BCUT2D eigenvalue weighted by Crippen LogP contribution is 2.35. The molecule has 1 amide bonds. The highest BCUT2D eigenvalue weighted by Gasteiger charge is 2.26. The summed E-state index contributed by atoms with van der Waals surface area (Å²) in [5.74, 6) is -1.12. The van der Waals surface area contributed by atoms with Gasteiger partial charge in [-0.25, -0.2) is 22.3 Å². The summed E-state index contributed by atoms with van der Waals surface area (Å²) in [7, 11) is -3.94. The average molecular weight is 556 g/mol. The fourth-order valence-electron chi connectivity index (χ4n) is 4.30. The molecule has 4 rings (SSSR count). The number of aromatic nitrogens is 3. The van der Waals surface area contributed by atoms with E-state index in [-0.39, 0.29) is 26.5 Å². The van der Waals surface area contributed by atoms with Crippen LogP contribution in [0.1, 0.15) is 48.7 Å². The highest BCUT2D eigenvalue weighted by molar-refractivity contribution is 7.99. The van der Waals surface area contributed by atoms with Gasteiger partial charge >= 0.3 is 0 Å². The molecule has 0 fully saturated rings. The van der Waals surface area contributed by atoms with Crippen molar-refractivity contribution in [1.29, 1.82) is 0 Å². The molecule has 2 aromatic carbocycles. The van der Waals surface area contributed by atoms with E-state index in [1.165, 1.54) is 27.8 Å². The molecule has 3 aromatic rings. The largest absolute Gasteiger partial charge is 0.324 e. The molecular weight excluding hydrogens is 532 g/mol. The van der Waals surface area contributed by atoms with Crippen LogP contribution in [0.15, 0.2) is 40.4 Å². The van der Waals surface area contributed by atoms with Gasteiger partial charge in [-0.15, -0.1) is 10.2 Å². The lowest BCUT2D eigenvalue weighted by atomic mass is 9.86. The summed E-state index contributed by atoms with van der Waals surface area (Å²) in [6, 6.07) is 7.47. The molecule has 1 aliphatic rings. The minimum atomic E-state index is -3.94. The molecule has 13 heteroatoms. The molecule has 0 saturated heterocycles. The molecule has 0 saturated carbocycles. The number of nitrogens with zero attached hydrogens (tertiary/aromatic N) is 3. The van der Waals surface area contributed by atoms with E-state index in [0.717, 1.165) is 55.5 Å². The van der Waals surface area contributed by atoms with E-state index in [2.05, 4.69) is 22.4 Å². The molecular formula is C23H24ClF2N5O3S2. The van der Waals surface area contributed by atoms with Crippen molar-refractivity contribution in [2.75, 3.05) is 11.1 Å². The molecule has 192 valence electrons. The summed E-state index contributed by atoms with van der Waals surface area (Å²) in [6.45, 7) is 2.07. The smallest absolute Gasteiger partial charge is 0.297 e. The van der Waals surface area contributed by atoms with Gasteiger partial charge in [0.05, 0.1) is 27.0 Å². The van der Waals surface area contributed by atoms with Gasteiger partial charge in [-0.1, -0.05) is 36.4 Å². The first-order valence-corrected chi connectivity index (χ1v) is 14.1. The SMILES string of the molecule is CCc1ccc(-n2c(SCC(=O)Nc3ccc(S(N)(=O)=O)cc3Cl)nnc2C(F)F)c2c1CCCC2. The summed E-state index contributed by atoms with van der Waals surface area (Å²) in [6.07, 6.45) is 1.70. The Morgan fingerprint density at radius 1 is 1.19 bits per heavy atom. The predicted molar refractivity (Wildman–Crippen MR) is 135 cm³/mol. The van der Waals surface area contributed by atoms with Crippen LogP contribution < -0.4 is 10.5 Å². The molecule has 1 aromatic heterocycles. The number of carbonyl (C=O) groups is 1. The summed E-state index contributed by atoms with van der Waals surface area (Å²) in [5.41, 5.74) is 4.23. The van der Waals surface area contributed by atoms with Gasteiger partial charge in [0.25, 0.3) is 6.43 Å². The van der Waals surface area contributed by atoms with Crippen LogP contribution in [0.3, 0.4) is 0 Å². The topological polar surface area (TPSA) is 120 Å². The van der Waals surface area contributed by atoms with Crippen LogP contribution in [0, 0.1) is 0 Å². The lowest BCUT2D eigenvalue weighted by molar-refractivity contribution is -0.113. The van der Waals surface area contributed by atoms with Gasteiger partial charge in [-0.2, -0.15) is 0 Å². The number of hydrogen-bond acceptors (Lipinski definition) is 6. The average Bonchev–Trinajstić information content (AvgIpc) is 3.26. The Kier molecular flexibility index (Phi) is 7.98. The standard InChI is InChI=1S/C23H24ClF2N5O3S2/c1-2-13-7-10-19(16-6-4-3-5-15(13)16)31-22(21(25)26)29-30-23(31)35-12-20(32)28-18-9-8-14(11-17(18)24)36(27,33)34/h7-11,21H,2-6,12H2,1H3,(H,28,32)(H2,27,33,34). The lowest BCUT2D eigenvalue weighted by Gasteiger charge is -2.24. The van der Waals surface area contributed by atoms with E-state index in [0.29, 0.717) is 5.69 Å². The molecule has 0 unspecified atom stereocenters. The van der Waals surface area contributed by atoms with E-state index in [4.69, 9.17) is 16.7 Å². The number of halogens is 3. The molecule has 0 aliphatic heterocycles. The monoisotopic (exact) mass is 555 g/mol. The number of hydrogen-bond donors (Lipinski definition) is 2. The van der Waals surface area contributed by atoms with Crippen molar-refractivity contribution < 1.29 is 22.0 Å². The van der Waals surface area contributed by atoms with Crippen LogP contribution in [0.2, 0.25) is 5.02 Å². The maximum Gasteiger partial charge on any atom is 0.297 e. The number of primary sulfonamides is 1. The van der Waals surface area contributed by atoms with Crippen molar-refractivity contribution in [3.63, 3.8) is 0 Å². The van der Waals surface area contributed by atoms with Gasteiger partial charge in [-0.05, 0) is 73.1 Å². The van der Waals surface area contributed by atoms with Crippen molar-refractivity contribution in [3.05, 3.63) is 57.9 Å². The zero-order chi connectivity index (χ0) is 26.0. The predicted octanol–water partition coefficient (Wildman–Crippen LogP) is 4.68. The number of nitrogens with one attached hydrogen (secondary N) is 1. The summed E-state index contributed by atoms with van der Waals surface area (Å²) < 4.78 is 52.0. The van der Waals surface area contributed by atoms with Crippen molar-refractivity contribution in [2.24, 2.45) is 5.14 Å². The first kappa shape index (κ1) is 26.5. The molecule has 0 radical (unpaired) electrons. The third kappa shape index (κ3) is 5.56. The molecule has 36 heavy (non-hydrogen) atoms. The van der Waals surface area contributed by atoms with E-state index in [1.54, 1.807) is 0 Å². The summed E-state index contributed by atoms with van der Waals surface area (Å²) >= 11 is 7.05. The maximum atomic E-state index is 13.9. The molecule has 0 spiro atoms. The van der Waals surface area contributed by atoms with Crippen LogP contribution in [0.5, 0.6) is 0 Å². The van der Waals surface area contributed by atoms with Gasteiger partial charge in [0.1, 0.15) is 0 Å². The first-order chi connectivity index (χ1) is 17.1. The van der Waals surface area contributed by atoms with Crippen LogP contribution in [0.25, 0.3) is 5.69 Å². The zero-order valence-corrected chi connectivity index (χ0v) is 21.7. The third-order valence-corrected chi connectivity index (χ3v) is 8.11. The van der Waals surface area contributed by atoms with Crippen LogP contribution >= 0.6 is 23.4 Å².